The molecule has 0 aromatic heterocycles. The van der Waals surface area contributed by atoms with Gasteiger partial charge in [0.25, 0.3) is 0 Å². The van der Waals surface area contributed by atoms with Gasteiger partial charge in [-0.05, 0) is 19.3 Å². The summed E-state index contributed by atoms with van der Waals surface area (Å²) in [5.41, 5.74) is 0. The lowest BCUT2D eigenvalue weighted by Gasteiger charge is -2.15. The molecule has 1 fully saturated rings. The summed E-state index contributed by atoms with van der Waals surface area (Å²) in [4.78, 5) is 0. The van der Waals surface area contributed by atoms with Crippen LogP contribution >= 0.6 is 7.26 Å². The fourth-order valence-electron chi connectivity index (χ4n) is 1.86. The maximum atomic E-state index is 2.58. The standard InChI is InChI=1S/C9H20P.ClH/c1-3-4-7-10(2)8-5-6-9-10;/h3-9H2,1-2H3;1H/q+1;/p-1. The normalized spacial score (nSPS) is 21.3. The summed E-state index contributed by atoms with van der Waals surface area (Å²) in [7, 11) is -0.337. The molecule has 0 bridgehead atoms. The van der Waals surface area contributed by atoms with Gasteiger partial charge in [-0.2, -0.15) is 0 Å². The Balaban J connectivity index is 0.000001000. The van der Waals surface area contributed by atoms with Gasteiger partial charge in [0.05, 0.1) is 18.5 Å². The molecule has 68 valence electrons. The molecule has 0 atom stereocenters. The zero-order chi connectivity index (χ0) is 7.45. The molecule has 0 nitrogen and oxygen atoms in total. The van der Waals surface area contributed by atoms with E-state index in [2.05, 4.69) is 13.6 Å². The zero-order valence-corrected chi connectivity index (χ0v) is 9.43. The van der Waals surface area contributed by atoms with E-state index in [4.69, 9.17) is 0 Å². The number of hydrogen-bond donors (Lipinski definition) is 0. The molecule has 0 aromatic carbocycles. The second-order valence-corrected chi connectivity index (χ2v) is 8.43. The topological polar surface area (TPSA) is 0 Å². The molecule has 0 spiro atoms. The Hall–Kier alpha value is 0.720. The number of rotatable bonds is 3. The average Bonchev–Trinajstić information content (AvgIpc) is 2.33. The summed E-state index contributed by atoms with van der Waals surface area (Å²) in [6, 6.07) is 0. The van der Waals surface area contributed by atoms with E-state index in [-0.39, 0.29) is 19.7 Å². The maximum absolute atomic E-state index is 2.58. The van der Waals surface area contributed by atoms with Gasteiger partial charge in [0, 0.05) is 13.9 Å². The fraction of sp³-hybridized carbons (Fsp3) is 1.00. The SMILES string of the molecule is CCCC[P+]1(C)CCCC1.[Cl-]. The predicted molar refractivity (Wildman–Crippen MR) is 51.6 cm³/mol. The third-order valence-electron chi connectivity index (χ3n) is 2.70. The van der Waals surface area contributed by atoms with Gasteiger partial charge in [0.2, 0.25) is 0 Å². The second kappa shape index (κ2) is 5.38. The van der Waals surface area contributed by atoms with E-state index in [9.17, 15) is 0 Å². The highest BCUT2D eigenvalue weighted by molar-refractivity contribution is 7.75. The highest BCUT2D eigenvalue weighted by Crippen LogP contribution is 2.60. The van der Waals surface area contributed by atoms with Gasteiger partial charge >= 0.3 is 0 Å². The number of hydrogen-bond acceptors (Lipinski definition) is 0. The first kappa shape index (κ1) is 11.7. The molecule has 0 aromatic rings. The smallest absolute Gasteiger partial charge is 0.0593 e. The van der Waals surface area contributed by atoms with Crippen LogP contribution < -0.4 is 12.4 Å². The van der Waals surface area contributed by atoms with E-state index >= 15 is 0 Å². The second-order valence-electron chi connectivity index (χ2n) is 3.85. The fourth-order valence-corrected chi connectivity index (χ4v) is 5.59. The van der Waals surface area contributed by atoms with Crippen LogP contribution in [-0.2, 0) is 0 Å². The minimum Gasteiger partial charge on any atom is -1.00 e. The quantitative estimate of drug-likeness (QED) is 0.565. The maximum Gasteiger partial charge on any atom is 0.0593 e. The largest absolute Gasteiger partial charge is 1.00 e. The molecule has 0 unspecified atom stereocenters. The van der Waals surface area contributed by atoms with E-state index in [1.165, 1.54) is 25.7 Å². The molecule has 1 aliphatic rings. The van der Waals surface area contributed by atoms with E-state index in [0.717, 1.165) is 0 Å². The van der Waals surface area contributed by atoms with Gasteiger partial charge in [-0.1, -0.05) is 13.3 Å². The number of halogens is 1. The van der Waals surface area contributed by atoms with Crippen molar-refractivity contribution in [3.8, 4) is 0 Å². The first-order valence-electron chi connectivity index (χ1n) is 4.60. The Kier molecular flexibility index (Phi) is 5.73. The van der Waals surface area contributed by atoms with E-state index in [1.54, 1.807) is 18.5 Å². The molecular formula is C9H20ClP. The number of unbranched alkanes of at least 4 members (excludes halogenated alkanes) is 1. The summed E-state index contributed by atoms with van der Waals surface area (Å²) in [6.45, 7) is 4.89. The molecule has 1 heterocycles. The minimum absolute atomic E-state index is 0. The summed E-state index contributed by atoms with van der Waals surface area (Å²) >= 11 is 0. The van der Waals surface area contributed by atoms with Crippen molar-refractivity contribution in [2.75, 3.05) is 25.2 Å². The molecule has 1 aliphatic heterocycles. The Bertz CT molecular complexity index is 97.7. The Labute approximate surface area is 77.9 Å². The summed E-state index contributed by atoms with van der Waals surface area (Å²) in [6.07, 6.45) is 10.8. The lowest BCUT2D eigenvalue weighted by molar-refractivity contribution is -0.00000236. The van der Waals surface area contributed by atoms with Gasteiger partial charge in [-0.15, -0.1) is 0 Å². The summed E-state index contributed by atoms with van der Waals surface area (Å²) < 4.78 is 0. The first-order chi connectivity index (χ1) is 4.77. The van der Waals surface area contributed by atoms with Crippen molar-refractivity contribution in [3.63, 3.8) is 0 Å². The Morgan fingerprint density at radius 2 is 1.73 bits per heavy atom. The Morgan fingerprint density at radius 3 is 2.18 bits per heavy atom. The first-order valence-corrected chi connectivity index (χ1v) is 7.39. The lowest BCUT2D eigenvalue weighted by Crippen LogP contribution is -3.00. The molecule has 1 rings (SSSR count). The zero-order valence-electron chi connectivity index (χ0n) is 7.77. The van der Waals surface area contributed by atoms with Crippen LogP contribution in [-0.4, -0.2) is 25.2 Å². The van der Waals surface area contributed by atoms with Crippen molar-refractivity contribution < 1.29 is 12.4 Å². The third kappa shape index (κ3) is 3.76. The van der Waals surface area contributed by atoms with Gasteiger partial charge in [0.15, 0.2) is 0 Å². The van der Waals surface area contributed by atoms with Crippen molar-refractivity contribution in [3.05, 3.63) is 0 Å². The predicted octanol–water partition coefficient (Wildman–Crippen LogP) is 0.232. The van der Waals surface area contributed by atoms with E-state index in [0.29, 0.717) is 0 Å². The van der Waals surface area contributed by atoms with Crippen LogP contribution in [0.25, 0.3) is 0 Å². The van der Waals surface area contributed by atoms with Crippen LogP contribution in [0, 0.1) is 0 Å². The minimum atomic E-state index is -0.337. The molecule has 0 N–H and O–H groups in total. The van der Waals surface area contributed by atoms with Crippen molar-refractivity contribution in [1.29, 1.82) is 0 Å². The van der Waals surface area contributed by atoms with E-state index in [1.807, 2.05) is 0 Å². The monoisotopic (exact) mass is 194 g/mol. The van der Waals surface area contributed by atoms with Crippen LogP contribution in [0.1, 0.15) is 32.6 Å². The third-order valence-corrected chi connectivity index (χ3v) is 6.89. The Morgan fingerprint density at radius 1 is 1.18 bits per heavy atom. The summed E-state index contributed by atoms with van der Waals surface area (Å²) in [5, 5.41) is 0. The van der Waals surface area contributed by atoms with Gasteiger partial charge < -0.3 is 12.4 Å². The summed E-state index contributed by atoms with van der Waals surface area (Å²) in [5.74, 6) is 0. The van der Waals surface area contributed by atoms with Crippen molar-refractivity contribution >= 4 is 7.26 Å². The van der Waals surface area contributed by atoms with Crippen molar-refractivity contribution in [2.24, 2.45) is 0 Å². The van der Waals surface area contributed by atoms with Gasteiger partial charge in [-0.25, -0.2) is 0 Å². The van der Waals surface area contributed by atoms with Crippen LogP contribution in [0.15, 0.2) is 0 Å². The van der Waals surface area contributed by atoms with E-state index < -0.39 is 0 Å². The van der Waals surface area contributed by atoms with Gasteiger partial charge in [0.1, 0.15) is 0 Å². The molecular weight excluding hydrogens is 175 g/mol. The lowest BCUT2D eigenvalue weighted by atomic mass is 10.4. The van der Waals surface area contributed by atoms with Crippen LogP contribution in [0.4, 0.5) is 0 Å². The highest BCUT2D eigenvalue weighted by atomic mass is 35.5. The molecule has 0 aliphatic carbocycles. The highest BCUT2D eigenvalue weighted by Gasteiger charge is 2.34. The average molecular weight is 195 g/mol. The van der Waals surface area contributed by atoms with Crippen molar-refractivity contribution in [2.45, 2.75) is 32.6 Å². The van der Waals surface area contributed by atoms with Crippen LogP contribution in [0.2, 0.25) is 0 Å². The molecule has 0 radical (unpaired) electrons. The molecule has 1 saturated heterocycles. The van der Waals surface area contributed by atoms with Gasteiger partial charge in [-0.3, -0.25) is 0 Å². The van der Waals surface area contributed by atoms with Crippen molar-refractivity contribution in [1.82, 2.24) is 0 Å². The molecule has 0 saturated carbocycles. The van der Waals surface area contributed by atoms with Crippen LogP contribution in [0.5, 0.6) is 0 Å². The molecule has 0 amide bonds. The van der Waals surface area contributed by atoms with Crippen LogP contribution in [0.3, 0.4) is 0 Å². The molecule has 2 heteroatoms. The molecule has 11 heavy (non-hydrogen) atoms.